The van der Waals surface area contributed by atoms with Crippen LogP contribution in [0.15, 0.2) is 22.7 Å². The van der Waals surface area contributed by atoms with E-state index >= 15 is 0 Å². The quantitative estimate of drug-likeness (QED) is 0.894. The topological polar surface area (TPSA) is 55.1 Å². The predicted octanol–water partition coefficient (Wildman–Crippen LogP) is 2.96. The number of rotatable bonds is 3. The zero-order valence-corrected chi connectivity index (χ0v) is 12.3. The van der Waals surface area contributed by atoms with Crippen molar-refractivity contribution < 1.29 is 4.79 Å². The fourth-order valence-corrected chi connectivity index (χ4v) is 3.31. The fourth-order valence-electron chi connectivity index (χ4n) is 2.45. The van der Waals surface area contributed by atoms with E-state index in [-0.39, 0.29) is 11.9 Å². The van der Waals surface area contributed by atoms with Gasteiger partial charge in [-0.2, -0.15) is 0 Å². The van der Waals surface area contributed by atoms with E-state index < -0.39 is 0 Å². The van der Waals surface area contributed by atoms with Gasteiger partial charge in [-0.05, 0) is 43.5 Å². The molecule has 0 aliphatic heterocycles. The Hall–Kier alpha value is -0.580. The number of hydrogen-bond donors (Lipinski definition) is 2. The van der Waals surface area contributed by atoms with Gasteiger partial charge in [0, 0.05) is 21.1 Å². The molecule has 2 unspecified atom stereocenters. The minimum Gasteiger partial charge on any atom is -0.349 e. The summed E-state index contributed by atoms with van der Waals surface area (Å²) in [5.41, 5.74) is 6.29. The third-order valence-corrected chi connectivity index (χ3v) is 4.08. The van der Waals surface area contributed by atoms with Crippen molar-refractivity contribution in [3.8, 4) is 0 Å². The largest absolute Gasteiger partial charge is 0.349 e. The number of carbonyl (C=O) groups is 1. The Bertz CT molecular complexity index is 432. The Balaban J connectivity index is 2.07. The molecule has 0 radical (unpaired) electrons. The molecule has 1 aromatic carbocycles. The van der Waals surface area contributed by atoms with Crippen molar-refractivity contribution in [2.45, 2.75) is 25.3 Å². The lowest BCUT2D eigenvalue weighted by atomic mass is 10.0. The molecule has 0 saturated heterocycles. The summed E-state index contributed by atoms with van der Waals surface area (Å²) in [7, 11) is 0. The molecule has 0 heterocycles. The summed E-state index contributed by atoms with van der Waals surface area (Å²) in [5, 5.41) is 3.60. The van der Waals surface area contributed by atoms with Crippen LogP contribution < -0.4 is 11.1 Å². The molecule has 1 fully saturated rings. The van der Waals surface area contributed by atoms with Crippen LogP contribution in [0.1, 0.15) is 29.6 Å². The van der Waals surface area contributed by atoms with Gasteiger partial charge in [0.25, 0.3) is 5.91 Å². The predicted molar refractivity (Wildman–Crippen MR) is 76.8 cm³/mol. The lowest BCUT2D eigenvalue weighted by molar-refractivity contribution is 0.0928. The number of hydrogen-bond acceptors (Lipinski definition) is 2. The fraction of sp³-hybridized carbons (Fsp3) is 0.462. The van der Waals surface area contributed by atoms with E-state index in [1.54, 1.807) is 18.2 Å². The van der Waals surface area contributed by atoms with Crippen LogP contribution in [0.3, 0.4) is 0 Å². The van der Waals surface area contributed by atoms with Crippen LogP contribution in [0.4, 0.5) is 0 Å². The summed E-state index contributed by atoms with van der Waals surface area (Å²) in [5.74, 6) is 0.320. The first-order valence-corrected chi connectivity index (χ1v) is 7.24. The lowest BCUT2D eigenvalue weighted by Gasteiger charge is -2.19. The van der Waals surface area contributed by atoms with E-state index in [1.165, 1.54) is 0 Å². The van der Waals surface area contributed by atoms with Gasteiger partial charge in [0.05, 0.1) is 0 Å². The van der Waals surface area contributed by atoms with Crippen molar-refractivity contribution >= 4 is 33.4 Å². The molecule has 1 aliphatic rings. The second-order valence-electron chi connectivity index (χ2n) is 4.66. The van der Waals surface area contributed by atoms with Crippen LogP contribution in [0.2, 0.25) is 5.02 Å². The van der Waals surface area contributed by atoms with E-state index in [4.69, 9.17) is 17.3 Å². The van der Waals surface area contributed by atoms with E-state index in [0.29, 0.717) is 23.0 Å². The van der Waals surface area contributed by atoms with Gasteiger partial charge in [0.2, 0.25) is 0 Å². The van der Waals surface area contributed by atoms with E-state index in [0.717, 1.165) is 23.7 Å². The van der Waals surface area contributed by atoms with Crippen molar-refractivity contribution in [3.63, 3.8) is 0 Å². The Morgan fingerprint density at radius 1 is 1.44 bits per heavy atom. The average molecular weight is 332 g/mol. The highest BCUT2D eigenvalue weighted by atomic mass is 79.9. The SMILES string of the molecule is NCC1CCCC1NC(=O)c1cc(Cl)cc(Br)c1. The molecule has 1 amide bonds. The summed E-state index contributed by atoms with van der Waals surface area (Å²) in [6, 6.07) is 5.40. The molecule has 0 bridgehead atoms. The van der Waals surface area contributed by atoms with Crippen molar-refractivity contribution in [1.29, 1.82) is 0 Å². The molecule has 1 saturated carbocycles. The molecular formula is C13H16BrClN2O. The summed E-state index contributed by atoms with van der Waals surface area (Å²) in [6.45, 7) is 0.629. The van der Waals surface area contributed by atoms with Gasteiger partial charge in [-0.15, -0.1) is 0 Å². The smallest absolute Gasteiger partial charge is 0.251 e. The zero-order valence-electron chi connectivity index (χ0n) is 9.96. The molecule has 3 nitrogen and oxygen atoms in total. The Morgan fingerprint density at radius 3 is 2.89 bits per heavy atom. The monoisotopic (exact) mass is 330 g/mol. The molecule has 1 aliphatic carbocycles. The standard InChI is InChI=1S/C13H16BrClN2O/c14-10-4-9(5-11(15)6-10)13(18)17-12-3-1-2-8(12)7-16/h4-6,8,12H,1-3,7,16H2,(H,17,18). The number of nitrogens with one attached hydrogen (secondary N) is 1. The second-order valence-corrected chi connectivity index (χ2v) is 6.02. The molecule has 0 aromatic heterocycles. The van der Waals surface area contributed by atoms with Crippen molar-refractivity contribution in [3.05, 3.63) is 33.3 Å². The molecule has 2 atom stereocenters. The highest BCUT2D eigenvalue weighted by molar-refractivity contribution is 9.10. The molecule has 1 aromatic rings. The van der Waals surface area contributed by atoms with Crippen molar-refractivity contribution in [1.82, 2.24) is 5.32 Å². The van der Waals surface area contributed by atoms with E-state index in [2.05, 4.69) is 21.2 Å². The van der Waals surface area contributed by atoms with Gasteiger partial charge in [-0.25, -0.2) is 0 Å². The lowest BCUT2D eigenvalue weighted by Crippen LogP contribution is -2.39. The number of amides is 1. The first-order valence-electron chi connectivity index (χ1n) is 6.07. The summed E-state index contributed by atoms with van der Waals surface area (Å²) in [4.78, 5) is 12.1. The maximum atomic E-state index is 12.1. The first kappa shape index (κ1) is 13.8. The average Bonchev–Trinajstić information content (AvgIpc) is 2.75. The summed E-state index contributed by atoms with van der Waals surface area (Å²) >= 11 is 9.27. The third kappa shape index (κ3) is 3.25. The maximum Gasteiger partial charge on any atom is 0.251 e. The molecule has 18 heavy (non-hydrogen) atoms. The van der Waals surface area contributed by atoms with Crippen molar-refractivity contribution in [2.24, 2.45) is 11.7 Å². The van der Waals surface area contributed by atoms with Crippen LogP contribution in [-0.2, 0) is 0 Å². The molecular weight excluding hydrogens is 316 g/mol. The number of carbonyl (C=O) groups excluding carboxylic acids is 1. The number of halogens is 2. The Morgan fingerprint density at radius 2 is 2.22 bits per heavy atom. The van der Waals surface area contributed by atoms with Crippen LogP contribution >= 0.6 is 27.5 Å². The van der Waals surface area contributed by atoms with Crippen LogP contribution in [0.5, 0.6) is 0 Å². The minimum atomic E-state index is -0.0800. The van der Waals surface area contributed by atoms with E-state index in [1.807, 2.05) is 0 Å². The second kappa shape index (κ2) is 6.04. The summed E-state index contributed by atoms with van der Waals surface area (Å²) < 4.78 is 0.807. The normalized spacial score (nSPS) is 23.1. The Labute approximate surface area is 120 Å². The number of benzene rings is 1. The van der Waals surface area contributed by atoms with Gasteiger partial charge >= 0.3 is 0 Å². The molecule has 98 valence electrons. The highest BCUT2D eigenvalue weighted by Gasteiger charge is 2.27. The van der Waals surface area contributed by atoms with Gasteiger partial charge in [-0.1, -0.05) is 34.0 Å². The van der Waals surface area contributed by atoms with Crippen molar-refractivity contribution in [2.75, 3.05) is 6.54 Å². The van der Waals surface area contributed by atoms with E-state index in [9.17, 15) is 4.79 Å². The van der Waals surface area contributed by atoms with Crippen LogP contribution in [-0.4, -0.2) is 18.5 Å². The zero-order chi connectivity index (χ0) is 13.1. The maximum absolute atomic E-state index is 12.1. The summed E-state index contributed by atoms with van der Waals surface area (Å²) in [6.07, 6.45) is 3.24. The van der Waals surface area contributed by atoms with Gasteiger partial charge in [-0.3, -0.25) is 4.79 Å². The molecule has 5 heteroatoms. The van der Waals surface area contributed by atoms with Gasteiger partial charge in [0.15, 0.2) is 0 Å². The third-order valence-electron chi connectivity index (χ3n) is 3.40. The number of nitrogens with two attached hydrogens (primary N) is 1. The Kier molecular flexibility index (Phi) is 4.65. The van der Waals surface area contributed by atoms with Crippen LogP contribution in [0, 0.1) is 5.92 Å². The minimum absolute atomic E-state index is 0.0800. The van der Waals surface area contributed by atoms with Gasteiger partial charge < -0.3 is 11.1 Å². The highest BCUT2D eigenvalue weighted by Crippen LogP contribution is 2.25. The molecule has 3 N–H and O–H groups in total. The van der Waals surface area contributed by atoms with Gasteiger partial charge in [0.1, 0.15) is 0 Å². The molecule has 2 rings (SSSR count). The van der Waals surface area contributed by atoms with Crippen LogP contribution in [0.25, 0.3) is 0 Å². The molecule has 0 spiro atoms. The first-order chi connectivity index (χ1) is 8.60.